The van der Waals surface area contributed by atoms with Crippen molar-refractivity contribution >= 4 is 11.8 Å². The minimum atomic E-state index is -0.554. The third-order valence-electron chi connectivity index (χ3n) is 9.26. The molecule has 1 spiro atoms. The first kappa shape index (κ1) is 17.9. The zero-order chi connectivity index (χ0) is 19.2. The van der Waals surface area contributed by atoms with E-state index in [2.05, 4.69) is 13.8 Å². The van der Waals surface area contributed by atoms with Gasteiger partial charge in [0.2, 0.25) is 0 Å². The summed E-state index contributed by atoms with van der Waals surface area (Å²) in [6.45, 7) is 4.36. The van der Waals surface area contributed by atoms with Gasteiger partial charge in [0.1, 0.15) is 5.60 Å². The summed E-state index contributed by atoms with van der Waals surface area (Å²) in [6.07, 6.45) is 6.00. The first-order valence-corrected chi connectivity index (χ1v) is 10.5. The molecule has 27 heavy (non-hydrogen) atoms. The molecule has 0 aromatic heterocycles. The molecule has 5 rings (SSSR count). The number of fused-ring (bicyclic) bond motifs is 6. The van der Waals surface area contributed by atoms with Crippen LogP contribution < -0.4 is 0 Å². The minimum absolute atomic E-state index is 0.00669. The Balaban J connectivity index is 1.57. The average Bonchev–Trinajstić information content (AvgIpc) is 3.10. The number of carbonyl (C=O) groups excluding carboxylic acids is 2. The number of aliphatic hydroxyl groups excluding tert-OH is 2. The zero-order valence-corrected chi connectivity index (χ0v) is 16.2. The molecule has 0 aromatic rings. The van der Waals surface area contributed by atoms with Gasteiger partial charge in [-0.25, -0.2) is 0 Å². The van der Waals surface area contributed by atoms with Crippen LogP contribution in [0, 0.1) is 28.6 Å². The van der Waals surface area contributed by atoms with E-state index in [1.165, 1.54) is 0 Å². The molecule has 2 N–H and O–H groups in total. The fourth-order valence-corrected chi connectivity index (χ4v) is 7.92. The molecule has 1 saturated heterocycles. The summed E-state index contributed by atoms with van der Waals surface area (Å²) in [5, 5.41) is 22.5. The summed E-state index contributed by atoms with van der Waals surface area (Å²) in [4.78, 5) is 23.9. The van der Waals surface area contributed by atoms with Gasteiger partial charge in [0.05, 0.1) is 12.2 Å². The fourth-order valence-electron chi connectivity index (χ4n) is 7.92. The molecule has 4 aliphatic carbocycles. The van der Waals surface area contributed by atoms with E-state index < -0.39 is 17.8 Å². The second-order valence-corrected chi connectivity index (χ2v) is 10.2. The van der Waals surface area contributed by atoms with Gasteiger partial charge in [-0.05, 0) is 67.8 Å². The van der Waals surface area contributed by atoms with E-state index in [1.807, 2.05) is 0 Å². The van der Waals surface area contributed by atoms with Gasteiger partial charge in [-0.3, -0.25) is 9.59 Å². The Morgan fingerprint density at radius 3 is 2.56 bits per heavy atom. The molecular weight excluding hydrogens is 344 g/mol. The molecule has 0 bridgehead atoms. The summed E-state index contributed by atoms with van der Waals surface area (Å²) >= 11 is 0. The number of ether oxygens (including phenoxy) is 1. The van der Waals surface area contributed by atoms with Crippen molar-refractivity contribution in [3.05, 3.63) is 11.6 Å². The maximum atomic E-state index is 12.0. The van der Waals surface area contributed by atoms with Crippen molar-refractivity contribution in [1.29, 1.82) is 0 Å². The molecule has 8 atom stereocenters. The van der Waals surface area contributed by atoms with Gasteiger partial charge in [0.25, 0.3) is 0 Å². The smallest absolute Gasteiger partial charge is 0.306 e. The van der Waals surface area contributed by atoms with Crippen LogP contribution >= 0.6 is 0 Å². The molecule has 0 radical (unpaired) electrons. The van der Waals surface area contributed by atoms with E-state index in [1.54, 1.807) is 6.08 Å². The van der Waals surface area contributed by atoms with E-state index in [9.17, 15) is 19.8 Å². The zero-order valence-electron chi connectivity index (χ0n) is 16.2. The Bertz CT molecular complexity index is 743. The van der Waals surface area contributed by atoms with Crippen molar-refractivity contribution in [3.8, 4) is 0 Å². The Hall–Kier alpha value is -1.20. The molecule has 2 unspecified atom stereocenters. The summed E-state index contributed by atoms with van der Waals surface area (Å²) in [7, 11) is 0. The molecule has 5 nitrogen and oxygen atoms in total. The lowest BCUT2D eigenvalue weighted by Crippen LogP contribution is -2.62. The summed E-state index contributed by atoms with van der Waals surface area (Å²) in [5.74, 6) is 0.211. The van der Waals surface area contributed by atoms with Gasteiger partial charge >= 0.3 is 5.97 Å². The quantitative estimate of drug-likeness (QED) is 0.637. The lowest BCUT2D eigenvalue weighted by Gasteiger charge is -2.61. The fraction of sp³-hybridized carbons (Fsp3) is 0.818. The SMILES string of the molecule is C[C@]12CCC(=O)C=C1C[C@H](O)[C@@H]1C2[C@H](O)C[C@@]2(C)[C@H]1CCC21CCC(=O)O1. The van der Waals surface area contributed by atoms with Crippen molar-refractivity contribution < 1.29 is 24.5 Å². The van der Waals surface area contributed by atoms with Gasteiger partial charge in [0.15, 0.2) is 5.78 Å². The van der Waals surface area contributed by atoms with Crippen LogP contribution in [-0.2, 0) is 14.3 Å². The lowest BCUT2D eigenvalue weighted by molar-refractivity contribution is -0.199. The van der Waals surface area contributed by atoms with E-state index >= 15 is 0 Å². The van der Waals surface area contributed by atoms with E-state index in [-0.39, 0.29) is 40.3 Å². The molecular formula is C22H30O5. The minimum Gasteiger partial charge on any atom is -0.458 e. The number of carbonyl (C=O) groups is 2. The Kier molecular flexibility index (Phi) is 3.60. The van der Waals surface area contributed by atoms with Crippen LogP contribution in [-0.4, -0.2) is 39.8 Å². The van der Waals surface area contributed by atoms with Crippen LogP contribution in [0.2, 0.25) is 0 Å². The Morgan fingerprint density at radius 1 is 1.07 bits per heavy atom. The van der Waals surface area contributed by atoms with E-state index in [4.69, 9.17) is 4.74 Å². The predicted octanol–water partition coefficient (Wildman–Crippen LogP) is 2.54. The van der Waals surface area contributed by atoms with Gasteiger partial charge in [-0.1, -0.05) is 19.4 Å². The monoisotopic (exact) mass is 374 g/mol. The largest absolute Gasteiger partial charge is 0.458 e. The number of hydrogen-bond acceptors (Lipinski definition) is 5. The van der Waals surface area contributed by atoms with E-state index in [0.29, 0.717) is 25.7 Å². The number of esters is 1. The Morgan fingerprint density at radius 2 is 1.85 bits per heavy atom. The van der Waals surface area contributed by atoms with Crippen LogP contribution in [0.5, 0.6) is 0 Å². The van der Waals surface area contributed by atoms with Gasteiger partial charge in [0, 0.05) is 18.3 Å². The number of ketones is 1. The third kappa shape index (κ3) is 2.13. The molecule has 1 heterocycles. The van der Waals surface area contributed by atoms with Crippen LogP contribution in [0.4, 0.5) is 0 Å². The van der Waals surface area contributed by atoms with Gasteiger partial charge < -0.3 is 14.9 Å². The van der Waals surface area contributed by atoms with Crippen molar-refractivity contribution in [2.75, 3.05) is 0 Å². The molecule has 5 aliphatic rings. The topological polar surface area (TPSA) is 83.8 Å². The van der Waals surface area contributed by atoms with Gasteiger partial charge in [-0.15, -0.1) is 0 Å². The number of aliphatic hydroxyl groups is 2. The van der Waals surface area contributed by atoms with Crippen LogP contribution in [0.15, 0.2) is 11.6 Å². The van der Waals surface area contributed by atoms with Crippen molar-refractivity contribution in [3.63, 3.8) is 0 Å². The second kappa shape index (κ2) is 5.44. The molecule has 1 aliphatic heterocycles. The van der Waals surface area contributed by atoms with Crippen LogP contribution in [0.1, 0.15) is 65.2 Å². The molecule has 0 amide bonds. The summed E-state index contributed by atoms with van der Waals surface area (Å²) in [5.41, 5.74) is 0.0406. The molecule has 3 saturated carbocycles. The average molecular weight is 374 g/mol. The molecule has 0 aromatic carbocycles. The summed E-state index contributed by atoms with van der Waals surface area (Å²) in [6, 6.07) is 0. The highest BCUT2D eigenvalue weighted by molar-refractivity contribution is 5.91. The summed E-state index contributed by atoms with van der Waals surface area (Å²) < 4.78 is 5.90. The normalized spacial score (nSPS) is 54.2. The standard InChI is InChI=1S/C22H30O5/c1-20-6-3-13(23)9-12(20)10-15(24)18-14-4-7-22(8-5-17(26)27-22)21(14,2)11-16(25)19(18)20/h9,14-16,18-19,24-25H,3-8,10-11H2,1-2H3/t14-,15-,16+,18+,19?,20-,21-,22?/m0/s1. The maximum absolute atomic E-state index is 12.0. The molecule has 148 valence electrons. The van der Waals surface area contributed by atoms with Crippen molar-refractivity contribution in [2.24, 2.45) is 28.6 Å². The lowest BCUT2D eigenvalue weighted by atomic mass is 9.45. The predicted molar refractivity (Wildman–Crippen MR) is 97.5 cm³/mol. The van der Waals surface area contributed by atoms with Crippen LogP contribution in [0.3, 0.4) is 0 Å². The molecule has 4 fully saturated rings. The second-order valence-electron chi connectivity index (χ2n) is 10.2. The number of rotatable bonds is 0. The van der Waals surface area contributed by atoms with E-state index in [0.717, 1.165) is 31.3 Å². The van der Waals surface area contributed by atoms with Crippen molar-refractivity contribution in [1.82, 2.24) is 0 Å². The molecule has 5 heteroatoms. The van der Waals surface area contributed by atoms with Crippen LogP contribution in [0.25, 0.3) is 0 Å². The highest BCUT2D eigenvalue weighted by Crippen LogP contribution is 2.69. The Labute approximate surface area is 160 Å². The third-order valence-corrected chi connectivity index (χ3v) is 9.26. The highest BCUT2D eigenvalue weighted by atomic mass is 16.6. The highest BCUT2D eigenvalue weighted by Gasteiger charge is 2.70. The number of hydrogen-bond donors (Lipinski definition) is 2. The van der Waals surface area contributed by atoms with Gasteiger partial charge in [-0.2, -0.15) is 0 Å². The first-order chi connectivity index (χ1) is 12.7. The maximum Gasteiger partial charge on any atom is 0.306 e. The van der Waals surface area contributed by atoms with Crippen molar-refractivity contribution in [2.45, 2.75) is 83.0 Å². The first-order valence-electron chi connectivity index (χ1n) is 10.5.